The standard InChI is InChI=1S/C63H46N2/c1-2-15-49(16-3-1)65-61-22-9-7-19-57(61)58-38-30-48(42-62(58)65)44-25-33-51(34-26-44)64(52-35-27-46(28-36-52)54-20-12-14-45-13-4-5-17-53(45)54)50-31-23-43(24-32-50)47-29-37-56-55-18-6-8-21-59(55)63(60(56)41-47)39-10-11-40-63/h1-9,12-38,41-42H,10-11,39-40H2. The van der Waals surface area contributed by atoms with Crippen LogP contribution in [-0.4, -0.2) is 4.57 Å². The van der Waals surface area contributed by atoms with Crippen LogP contribution in [0, 0.1) is 0 Å². The monoisotopic (exact) mass is 830 g/mol. The Labute approximate surface area is 380 Å². The number of benzene rings is 10. The summed E-state index contributed by atoms with van der Waals surface area (Å²) in [5.41, 5.74) is 20.3. The van der Waals surface area contributed by atoms with Crippen LogP contribution in [-0.2, 0) is 5.41 Å². The van der Waals surface area contributed by atoms with Gasteiger partial charge in [0.15, 0.2) is 0 Å². The van der Waals surface area contributed by atoms with Gasteiger partial charge in [-0.25, -0.2) is 0 Å². The zero-order valence-corrected chi connectivity index (χ0v) is 36.2. The molecular weight excluding hydrogens is 785 g/mol. The molecule has 0 aliphatic heterocycles. The van der Waals surface area contributed by atoms with Gasteiger partial charge in [0.25, 0.3) is 0 Å². The van der Waals surface area contributed by atoms with Gasteiger partial charge in [0.05, 0.1) is 11.0 Å². The van der Waals surface area contributed by atoms with E-state index < -0.39 is 0 Å². The summed E-state index contributed by atoms with van der Waals surface area (Å²) in [5.74, 6) is 0. The summed E-state index contributed by atoms with van der Waals surface area (Å²) in [6.45, 7) is 0. The molecule has 308 valence electrons. The van der Waals surface area contributed by atoms with E-state index in [0.717, 1.165) is 17.1 Å². The second-order valence-corrected chi connectivity index (χ2v) is 18.0. The SMILES string of the molecule is c1ccc(-n2c3ccccc3c3ccc(-c4ccc(N(c5ccc(-c6ccc7c(c6)C6(CCCC6)c6ccccc6-7)cc5)c5ccc(-c6cccc7ccccc67)cc5)cc4)cc32)cc1. The van der Waals surface area contributed by atoms with Crippen molar-refractivity contribution in [3.05, 3.63) is 242 Å². The van der Waals surface area contributed by atoms with Gasteiger partial charge in [-0.2, -0.15) is 0 Å². The van der Waals surface area contributed by atoms with E-state index in [9.17, 15) is 0 Å². The molecule has 0 unspecified atom stereocenters. The van der Waals surface area contributed by atoms with Crippen molar-refractivity contribution in [1.29, 1.82) is 0 Å². The molecule has 1 fully saturated rings. The van der Waals surface area contributed by atoms with Crippen LogP contribution in [0.4, 0.5) is 17.1 Å². The van der Waals surface area contributed by atoms with E-state index in [1.54, 1.807) is 0 Å². The number of fused-ring (bicyclic) bond motifs is 9. The number of aromatic nitrogens is 1. The maximum absolute atomic E-state index is 2.51. The van der Waals surface area contributed by atoms with Crippen molar-refractivity contribution in [2.75, 3.05) is 4.90 Å². The van der Waals surface area contributed by atoms with Gasteiger partial charge in [-0.3, -0.25) is 0 Å². The van der Waals surface area contributed by atoms with Crippen molar-refractivity contribution < 1.29 is 0 Å². The second kappa shape index (κ2) is 15.1. The van der Waals surface area contributed by atoms with Crippen LogP contribution in [0.5, 0.6) is 0 Å². The van der Waals surface area contributed by atoms with Crippen molar-refractivity contribution in [2.24, 2.45) is 0 Å². The molecule has 2 aliphatic rings. The first-order chi connectivity index (χ1) is 32.2. The molecule has 0 bridgehead atoms. The van der Waals surface area contributed by atoms with E-state index in [2.05, 4.69) is 240 Å². The summed E-state index contributed by atoms with van der Waals surface area (Å²) in [6.07, 6.45) is 5.06. The molecule has 0 amide bonds. The molecule has 0 saturated heterocycles. The Morgan fingerprint density at radius 1 is 0.338 bits per heavy atom. The molecule has 10 aromatic carbocycles. The predicted octanol–water partition coefficient (Wildman–Crippen LogP) is 17.2. The smallest absolute Gasteiger partial charge is 0.0547 e. The topological polar surface area (TPSA) is 8.17 Å². The molecule has 2 nitrogen and oxygen atoms in total. The van der Waals surface area contributed by atoms with E-state index in [-0.39, 0.29) is 5.41 Å². The van der Waals surface area contributed by atoms with Gasteiger partial charge < -0.3 is 9.47 Å². The Bertz CT molecular complexity index is 3570. The van der Waals surface area contributed by atoms with Crippen LogP contribution < -0.4 is 4.90 Å². The second-order valence-electron chi connectivity index (χ2n) is 18.0. The van der Waals surface area contributed by atoms with E-state index in [0.29, 0.717) is 0 Å². The fraction of sp³-hybridized carbons (Fsp3) is 0.0794. The molecule has 2 aliphatic carbocycles. The van der Waals surface area contributed by atoms with Gasteiger partial charge >= 0.3 is 0 Å². The molecule has 1 spiro atoms. The molecule has 1 aromatic heterocycles. The highest BCUT2D eigenvalue weighted by molar-refractivity contribution is 6.10. The highest BCUT2D eigenvalue weighted by atomic mass is 15.1. The summed E-state index contributed by atoms with van der Waals surface area (Å²) in [5, 5.41) is 5.04. The first kappa shape index (κ1) is 37.6. The van der Waals surface area contributed by atoms with Crippen molar-refractivity contribution in [3.8, 4) is 50.2 Å². The van der Waals surface area contributed by atoms with Crippen molar-refractivity contribution in [3.63, 3.8) is 0 Å². The maximum atomic E-state index is 2.51. The summed E-state index contributed by atoms with van der Waals surface area (Å²) in [4.78, 5) is 2.39. The molecule has 0 N–H and O–H groups in total. The summed E-state index contributed by atoms with van der Waals surface area (Å²) >= 11 is 0. The Hall–Kier alpha value is -7.94. The van der Waals surface area contributed by atoms with Crippen LogP contribution >= 0.6 is 0 Å². The minimum atomic E-state index is 0.148. The largest absolute Gasteiger partial charge is 0.311 e. The average molecular weight is 831 g/mol. The lowest BCUT2D eigenvalue weighted by Gasteiger charge is -2.27. The van der Waals surface area contributed by atoms with Gasteiger partial charge in [-0.1, -0.05) is 177 Å². The Kier molecular flexibility index (Phi) is 8.74. The fourth-order valence-electron chi connectivity index (χ4n) is 11.5. The number of nitrogens with zero attached hydrogens (tertiary/aromatic N) is 2. The van der Waals surface area contributed by atoms with Gasteiger partial charge in [-0.15, -0.1) is 0 Å². The molecule has 1 saturated carbocycles. The summed E-state index contributed by atoms with van der Waals surface area (Å²) in [7, 11) is 0. The van der Waals surface area contributed by atoms with Crippen molar-refractivity contribution in [2.45, 2.75) is 31.1 Å². The number of rotatable bonds is 7. The van der Waals surface area contributed by atoms with Crippen molar-refractivity contribution >= 4 is 49.6 Å². The third-order valence-corrected chi connectivity index (χ3v) is 14.6. The third kappa shape index (κ3) is 6.09. The van der Waals surface area contributed by atoms with Crippen LogP contribution in [0.1, 0.15) is 36.8 Å². The minimum absolute atomic E-state index is 0.148. The highest BCUT2D eigenvalue weighted by Crippen LogP contribution is 2.57. The molecule has 65 heavy (non-hydrogen) atoms. The van der Waals surface area contributed by atoms with E-state index in [1.165, 1.54) is 120 Å². The molecule has 0 atom stereocenters. The van der Waals surface area contributed by atoms with Crippen LogP contribution in [0.25, 0.3) is 82.8 Å². The Morgan fingerprint density at radius 2 is 0.862 bits per heavy atom. The summed E-state index contributed by atoms with van der Waals surface area (Å²) in [6, 6.07) is 85.4. The van der Waals surface area contributed by atoms with Gasteiger partial charge in [0.1, 0.15) is 0 Å². The number of anilines is 3. The zero-order chi connectivity index (χ0) is 42.9. The number of hydrogen-bond acceptors (Lipinski definition) is 1. The number of para-hydroxylation sites is 2. The Balaban J connectivity index is 0.886. The van der Waals surface area contributed by atoms with Gasteiger partial charge in [0, 0.05) is 38.9 Å². The Morgan fingerprint density at radius 3 is 1.60 bits per heavy atom. The van der Waals surface area contributed by atoms with Gasteiger partial charge in [0.2, 0.25) is 0 Å². The molecule has 1 heterocycles. The van der Waals surface area contributed by atoms with E-state index in [4.69, 9.17) is 0 Å². The zero-order valence-electron chi connectivity index (χ0n) is 36.2. The molecule has 13 rings (SSSR count). The average Bonchev–Trinajstić information content (AvgIpc) is 4.08. The van der Waals surface area contributed by atoms with E-state index in [1.807, 2.05) is 0 Å². The number of hydrogen-bond donors (Lipinski definition) is 0. The normalized spacial score (nSPS) is 13.7. The summed E-state index contributed by atoms with van der Waals surface area (Å²) < 4.78 is 2.39. The predicted molar refractivity (Wildman–Crippen MR) is 274 cm³/mol. The van der Waals surface area contributed by atoms with Crippen LogP contribution in [0.2, 0.25) is 0 Å². The van der Waals surface area contributed by atoms with Gasteiger partial charge in [-0.05, 0) is 146 Å². The minimum Gasteiger partial charge on any atom is -0.311 e. The first-order valence-electron chi connectivity index (χ1n) is 23.1. The van der Waals surface area contributed by atoms with Crippen LogP contribution in [0.3, 0.4) is 0 Å². The molecule has 0 radical (unpaired) electrons. The first-order valence-corrected chi connectivity index (χ1v) is 23.1. The van der Waals surface area contributed by atoms with E-state index >= 15 is 0 Å². The third-order valence-electron chi connectivity index (χ3n) is 14.6. The molecule has 11 aromatic rings. The highest BCUT2D eigenvalue weighted by Gasteiger charge is 2.44. The quantitative estimate of drug-likeness (QED) is 0.155. The lowest BCUT2D eigenvalue weighted by atomic mass is 9.76. The molecule has 2 heteroatoms. The lowest BCUT2D eigenvalue weighted by molar-refractivity contribution is 0.550. The van der Waals surface area contributed by atoms with Crippen LogP contribution in [0.15, 0.2) is 231 Å². The maximum Gasteiger partial charge on any atom is 0.0547 e. The van der Waals surface area contributed by atoms with Crippen molar-refractivity contribution in [1.82, 2.24) is 4.57 Å². The lowest BCUT2D eigenvalue weighted by Crippen LogP contribution is -2.20. The fourth-order valence-corrected chi connectivity index (χ4v) is 11.5. The molecular formula is C63H46N2.